The molecule has 0 aliphatic rings. The quantitative estimate of drug-likeness (QED) is 0.408. The van der Waals surface area contributed by atoms with E-state index in [2.05, 4.69) is 15.5 Å². The fourth-order valence-electron chi connectivity index (χ4n) is 1.88. The lowest BCUT2D eigenvalue weighted by atomic mass is 10.2. The Balaban J connectivity index is 1.55. The molecule has 0 unspecified atom stereocenters. The van der Waals surface area contributed by atoms with Gasteiger partial charge in [0.15, 0.2) is 4.34 Å². The van der Waals surface area contributed by atoms with E-state index in [0.29, 0.717) is 0 Å². The monoisotopic (exact) mass is 379 g/mol. The molecule has 0 atom stereocenters. The number of amides is 1. The number of rotatable bonds is 5. The van der Waals surface area contributed by atoms with Crippen LogP contribution in [-0.2, 0) is 4.79 Å². The van der Waals surface area contributed by atoms with Crippen molar-refractivity contribution in [3.05, 3.63) is 58.9 Å². The van der Waals surface area contributed by atoms with Crippen molar-refractivity contribution in [1.82, 2.24) is 10.4 Å². The minimum atomic E-state index is -0.496. The summed E-state index contributed by atoms with van der Waals surface area (Å²) in [5, 5.41) is 3.97. The molecule has 0 saturated heterocycles. The van der Waals surface area contributed by atoms with Crippen molar-refractivity contribution in [2.45, 2.75) is 4.34 Å². The number of aromatic nitrogens is 1. The molecule has 0 radical (unpaired) electrons. The normalized spacial score (nSPS) is 11.2. The van der Waals surface area contributed by atoms with Gasteiger partial charge in [0.05, 0.1) is 27.2 Å². The zero-order valence-electron chi connectivity index (χ0n) is 12.2. The largest absolute Gasteiger partial charge is 0.272 e. The van der Waals surface area contributed by atoms with Gasteiger partial charge in [-0.25, -0.2) is 14.8 Å². The Morgan fingerprint density at radius 3 is 2.96 bits per heavy atom. The molecular weight excluding hydrogens is 369 g/mol. The summed E-state index contributed by atoms with van der Waals surface area (Å²) in [6.07, 6.45) is 1.19. The highest BCUT2D eigenvalue weighted by Gasteiger charge is 2.07. The van der Waals surface area contributed by atoms with Gasteiger partial charge in [-0.15, -0.1) is 11.3 Å². The second kappa shape index (κ2) is 7.74. The average molecular weight is 380 g/mol. The van der Waals surface area contributed by atoms with Crippen molar-refractivity contribution in [3.63, 3.8) is 0 Å². The second-order valence-corrected chi connectivity index (χ2v) is 7.33. The predicted octanol–water partition coefficient (Wildman–Crippen LogP) is 4.33. The Bertz CT molecular complexity index is 860. The molecule has 0 spiro atoms. The van der Waals surface area contributed by atoms with Crippen LogP contribution in [0, 0.1) is 5.82 Å². The lowest BCUT2D eigenvalue weighted by Crippen LogP contribution is -2.19. The van der Waals surface area contributed by atoms with Gasteiger partial charge in [-0.05, 0) is 24.3 Å². The van der Waals surface area contributed by atoms with E-state index in [1.807, 2.05) is 24.3 Å². The molecule has 2 aromatic carbocycles. The molecule has 3 aromatic rings. The standard InChI is InChI=1S/C16H11ClFN3OS2/c17-11-4-3-5-12(18)10(11)8-19-21-15(22)9-23-16-20-13-6-1-2-7-14(13)24-16/h1-8H,9H2,(H,21,22)/b19-8+. The summed E-state index contributed by atoms with van der Waals surface area (Å²) in [6, 6.07) is 12.1. The second-order valence-electron chi connectivity index (χ2n) is 4.66. The third-order valence-corrected chi connectivity index (χ3v) is 5.49. The zero-order valence-corrected chi connectivity index (χ0v) is 14.6. The third-order valence-electron chi connectivity index (χ3n) is 2.98. The highest BCUT2D eigenvalue weighted by Crippen LogP contribution is 2.29. The lowest BCUT2D eigenvalue weighted by molar-refractivity contribution is -0.118. The molecular formula is C16H11ClFN3OS2. The van der Waals surface area contributed by atoms with E-state index in [0.717, 1.165) is 14.6 Å². The van der Waals surface area contributed by atoms with Crippen LogP contribution in [0.2, 0.25) is 5.02 Å². The summed E-state index contributed by atoms with van der Waals surface area (Å²) >= 11 is 8.73. The van der Waals surface area contributed by atoms with Gasteiger partial charge in [0, 0.05) is 5.56 Å². The topological polar surface area (TPSA) is 54.4 Å². The van der Waals surface area contributed by atoms with Gasteiger partial charge in [0.2, 0.25) is 0 Å². The first-order valence-electron chi connectivity index (χ1n) is 6.88. The smallest absolute Gasteiger partial charge is 0.250 e. The highest BCUT2D eigenvalue weighted by molar-refractivity contribution is 8.01. The number of benzene rings is 2. The van der Waals surface area contributed by atoms with Crippen LogP contribution in [-0.4, -0.2) is 22.9 Å². The van der Waals surface area contributed by atoms with Crippen LogP contribution in [0.1, 0.15) is 5.56 Å². The summed E-state index contributed by atoms with van der Waals surface area (Å²) < 4.78 is 15.4. The number of halogens is 2. The molecule has 8 heteroatoms. The van der Waals surface area contributed by atoms with Crippen molar-refractivity contribution >= 4 is 57.0 Å². The Morgan fingerprint density at radius 1 is 1.33 bits per heavy atom. The van der Waals surface area contributed by atoms with Crippen LogP contribution in [0.15, 0.2) is 51.9 Å². The van der Waals surface area contributed by atoms with E-state index in [1.54, 1.807) is 6.07 Å². The Labute approximate surface area is 150 Å². The maximum absolute atomic E-state index is 13.5. The van der Waals surface area contributed by atoms with E-state index < -0.39 is 5.82 Å². The van der Waals surface area contributed by atoms with Crippen LogP contribution in [0.5, 0.6) is 0 Å². The van der Waals surface area contributed by atoms with Gasteiger partial charge in [-0.2, -0.15) is 5.10 Å². The summed E-state index contributed by atoms with van der Waals surface area (Å²) in [4.78, 5) is 16.2. The van der Waals surface area contributed by atoms with Crippen LogP contribution in [0.25, 0.3) is 10.2 Å². The number of hydrogen-bond acceptors (Lipinski definition) is 5. The van der Waals surface area contributed by atoms with Gasteiger partial charge in [-0.3, -0.25) is 4.79 Å². The first-order chi connectivity index (χ1) is 11.6. The maximum Gasteiger partial charge on any atom is 0.250 e. The molecule has 122 valence electrons. The Kier molecular flexibility index (Phi) is 5.44. The van der Waals surface area contributed by atoms with Crippen LogP contribution in [0.3, 0.4) is 0 Å². The average Bonchev–Trinajstić information content (AvgIpc) is 2.98. The Morgan fingerprint density at radius 2 is 2.17 bits per heavy atom. The first kappa shape index (κ1) is 16.9. The lowest BCUT2D eigenvalue weighted by Gasteiger charge is -2.00. The fourth-order valence-corrected chi connectivity index (χ4v) is 3.95. The molecule has 1 aromatic heterocycles. The number of fused-ring (bicyclic) bond motifs is 1. The molecule has 3 rings (SSSR count). The van der Waals surface area contributed by atoms with Crippen LogP contribution in [0.4, 0.5) is 4.39 Å². The van der Waals surface area contributed by atoms with Crippen LogP contribution < -0.4 is 5.43 Å². The summed E-state index contributed by atoms with van der Waals surface area (Å²) in [5.41, 5.74) is 3.40. The minimum Gasteiger partial charge on any atom is -0.272 e. The van der Waals surface area contributed by atoms with Crippen molar-refractivity contribution in [3.8, 4) is 0 Å². The number of nitrogens with zero attached hydrogens (tertiary/aromatic N) is 2. The molecule has 0 bridgehead atoms. The number of hydrogen-bond donors (Lipinski definition) is 1. The van der Waals surface area contributed by atoms with Crippen molar-refractivity contribution < 1.29 is 9.18 Å². The van der Waals surface area contributed by atoms with Crippen molar-refractivity contribution in [2.24, 2.45) is 5.10 Å². The van der Waals surface area contributed by atoms with E-state index in [4.69, 9.17) is 11.6 Å². The molecule has 0 saturated carbocycles. The number of nitrogens with one attached hydrogen (secondary N) is 1. The number of para-hydroxylation sites is 1. The van der Waals surface area contributed by atoms with E-state index >= 15 is 0 Å². The van der Waals surface area contributed by atoms with Gasteiger partial charge < -0.3 is 0 Å². The van der Waals surface area contributed by atoms with Gasteiger partial charge in [-0.1, -0.05) is 41.6 Å². The zero-order chi connectivity index (χ0) is 16.9. The fraction of sp³-hybridized carbons (Fsp3) is 0.0625. The number of carbonyl (C=O) groups excluding carboxylic acids is 1. The van der Waals surface area contributed by atoms with Gasteiger partial charge >= 0.3 is 0 Å². The summed E-state index contributed by atoms with van der Waals surface area (Å²) in [6.45, 7) is 0. The molecule has 0 aliphatic heterocycles. The molecule has 1 N–H and O–H groups in total. The maximum atomic E-state index is 13.5. The number of carbonyl (C=O) groups is 1. The van der Waals surface area contributed by atoms with Crippen molar-refractivity contribution in [2.75, 3.05) is 5.75 Å². The van der Waals surface area contributed by atoms with Gasteiger partial charge in [0.25, 0.3) is 5.91 Å². The minimum absolute atomic E-state index is 0.137. The summed E-state index contributed by atoms with van der Waals surface area (Å²) in [5.74, 6) is -0.630. The number of hydrazone groups is 1. The Hall–Kier alpha value is -1.96. The molecule has 0 aliphatic carbocycles. The predicted molar refractivity (Wildman–Crippen MR) is 97.5 cm³/mol. The molecule has 0 fully saturated rings. The summed E-state index contributed by atoms with van der Waals surface area (Å²) in [7, 11) is 0. The third kappa shape index (κ3) is 4.11. The van der Waals surface area contributed by atoms with E-state index in [1.165, 1.54) is 41.4 Å². The molecule has 1 amide bonds. The highest BCUT2D eigenvalue weighted by atomic mass is 35.5. The molecule has 4 nitrogen and oxygen atoms in total. The number of thioether (sulfide) groups is 1. The first-order valence-corrected chi connectivity index (χ1v) is 9.06. The van der Waals surface area contributed by atoms with E-state index in [9.17, 15) is 9.18 Å². The van der Waals surface area contributed by atoms with Crippen molar-refractivity contribution in [1.29, 1.82) is 0 Å². The van der Waals surface area contributed by atoms with Gasteiger partial charge in [0.1, 0.15) is 5.82 Å². The molecule has 24 heavy (non-hydrogen) atoms. The molecule has 1 heterocycles. The number of thiazole rings is 1. The van der Waals surface area contributed by atoms with Crippen LogP contribution >= 0.6 is 34.7 Å². The van der Waals surface area contributed by atoms with E-state index in [-0.39, 0.29) is 22.2 Å². The SMILES string of the molecule is O=C(CSc1nc2ccccc2s1)N/N=C/c1c(F)cccc1Cl.